The molecule has 0 spiro atoms. The minimum atomic E-state index is -0.629. The van der Waals surface area contributed by atoms with Crippen molar-refractivity contribution in [2.75, 3.05) is 13.2 Å². The standard InChI is InChI=1S/C13H10N2O3/c1-2-7-15-12(16)9-18-13(17)11-5-3-10(8-14)4-6-11/h1,3-6H,7,9H2,(H,15,16). The lowest BCUT2D eigenvalue weighted by Gasteiger charge is -2.04. The SMILES string of the molecule is C#CCNC(=O)COC(=O)c1ccc(C#N)cc1. The molecular formula is C13H10N2O3. The maximum absolute atomic E-state index is 11.5. The van der Waals surface area contributed by atoms with Crippen molar-refractivity contribution in [1.82, 2.24) is 5.32 Å². The molecule has 0 saturated heterocycles. The van der Waals surface area contributed by atoms with Gasteiger partial charge < -0.3 is 10.1 Å². The van der Waals surface area contributed by atoms with Crippen LogP contribution in [0.25, 0.3) is 0 Å². The highest BCUT2D eigenvalue weighted by molar-refractivity contribution is 5.91. The Labute approximate surface area is 104 Å². The largest absolute Gasteiger partial charge is 0.452 e. The summed E-state index contributed by atoms with van der Waals surface area (Å²) in [5.74, 6) is 1.14. The summed E-state index contributed by atoms with van der Waals surface area (Å²) in [6.07, 6.45) is 4.95. The van der Waals surface area contributed by atoms with Gasteiger partial charge in [0.1, 0.15) is 0 Å². The van der Waals surface area contributed by atoms with Gasteiger partial charge in [0.15, 0.2) is 6.61 Å². The third-order valence-corrected chi connectivity index (χ3v) is 1.97. The first-order valence-corrected chi connectivity index (χ1v) is 5.05. The lowest BCUT2D eigenvalue weighted by atomic mass is 10.1. The van der Waals surface area contributed by atoms with Gasteiger partial charge in [-0.05, 0) is 24.3 Å². The monoisotopic (exact) mass is 242 g/mol. The topological polar surface area (TPSA) is 79.2 Å². The minimum absolute atomic E-state index is 0.0905. The van der Waals surface area contributed by atoms with Crippen LogP contribution < -0.4 is 5.32 Å². The van der Waals surface area contributed by atoms with Gasteiger partial charge >= 0.3 is 5.97 Å². The molecule has 5 nitrogen and oxygen atoms in total. The van der Waals surface area contributed by atoms with Crippen LogP contribution in [0.3, 0.4) is 0 Å². The Kier molecular flexibility index (Phi) is 4.96. The lowest BCUT2D eigenvalue weighted by molar-refractivity contribution is -0.123. The van der Waals surface area contributed by atoms with Crippen molar-refractivity contribution in [2.24, 2.45) is 0 Å². The van der Waals surface area contributed by atoms with E-state index in [-0.39, 0.29) is 18.7 Å². The maximum Gasteiger partial charge on any atom is 0.338 e. The van der Waals surface area contributed by atoms with E-state index in [1.807, 2.05) is 6.07 Å². The molecule has 0 saturated carbocycles. The molecule has 0 aliphatic heterocycles. The van der Waals surface area contributed by atoms with Crippen LogP contribution >= 0.6 is 0 Å². The Bertz CT molecular complexity index is 521. The zero-order chi connectivity index (χ0) is 13.4. The Morgan fingerprint density at radius 2 is 2.00 bits per heavy atom. The van der Waals surface area contributed by atoms with Crippen LogP contribution in [0.15, 0.2) is 24.3 Å². The van der Waals surface area contributed by atoms with Crippen LogP contribution in [0.4, 0.5) is 0 Å². The number of carbonyl (C=O) groups excluding carboxylic acids is 2. The van der Waals surface area contributed by atoms with Crippen molar-refractivity contribution in [1.29, 1.82) is 5.26 Å². The zero-order valence-electron chi connectivity index (χ0n) is 9.47. The molecule has 1 rings (SSSR count). The molecule has 1 amide bonds. The van der Waals surface area contributed by atoms with Crippen molar-refractivity contribution < 1.29 is 14.3 Å². The Morgan fingerprint density at radius 3 is 2.56 bits per heavy atom. The zero-order valence-corrected chi connectivity index (χ0v) is 9.47. The number of nitriles is 1. The number of amides is 1. The first-order valence-electron chi connectivity index (χ1n) is 5.05. The molecule has 0 aliphatic carbocycles. The predicted molar refractivity (Wildman–Crippen MR) is 63.3 cm³/mol. The molecule has 0 fully saturated rings. The molecule has 1 aromatic carbocycles. The van der Waals surface area contributed by atoms with Crippen LogP contribution in [-0.4, -0.2) is 25.0 Å². The predicted octanol–water partition coefficient (Wildman–Crippen LogP) is 0.464. The minimum Gasteiger partial charge on any atom is -0.452 e. The number of nitrogens with zero attached hydrogens (tertiary/aromatic N) is 1. The van der Waals surface area contributed by atoms with E-state index in [9.17, 15) is 9.59 Å². The van der Waals surface area contributed by atoms with E-state index in [1.165, 1.54) is 24.3 Å². The summed E-state index contributed by atoms with van der Waals surface area (Å²) >= 11 is 0. The van der Waals surface area contributed by atoms with Gasteiger partial charge in [-0.15, -0.1) is 6.42 Å². The van der Waals surface area contributed by atoms with Gasteiger partial charge in [-0.3, -0.25) is 4.79 Å². The number of rotatable bonds is 4. The van der Waals surface area contributed by atoms with Gasteiger partial charge in [-0.1, -0.05) is 5.92 Å². The van der Waals surface area contributed by atoms with E-state index < -0.39 is 11.9 Å². The molecule has 0 radical (unpaired) electrons. The summed E-state index contributed by atoms with van der Waals surface area (Å²) in [7, 11) is 0. The van der Waals surface area contributed by atoms with Crippen molar-refractivity contribution in [3.63, 3.8) is 0 Å². The van der Waals surface area contributed by atoms with Gasteiger partial charge in [0, 0.05) is 0 Å². The highest BCUT2D eigenvalue weighted by atomic mass is 16.5. The van der Waals surface area contributed by atoms with Crippen molar-refractivity contribution in [2.45, 2.75) is 0 Å². The number of terminal acetylenes is 1. The number of hydrogen-bond donors (Lipinski definition) is 1. The number of ether oxygens (including phenoxy) is 1. The van der Waals surface area contributed by atoms with E-state index in [0.717, 1.165) is 0 Å². The van der Waals surface area contributed by atoms with Gasteiger partial charge in [0.05, 0.1) is 23.7 Å². The molecule has 0 bridgehead atoms. The summed E-state index contributed by atoms with van der Waals surface area (Å²) in [4.78, 5) is 22.6. The quantitative estimate of drug-likeness (QED) is 0.614. The van der Waals surface area contributed by atoms with Crippen LogP contribution in [-0.2, 0) is 9.53 Å². The van der Waals surface area contributed by atoms with Crippen LogP contribution in [0.5, 0.6) is 0 Å². The van der Waals surface area contributed by atoms with Crippen LogP contribution in [0.2, 0.25) is 0 Å². The Balaban J connectivity index is 2.48. The molecule has 1 N–H and O–H groups in total. The third kappa shape index (κ3) is 3.99. The fraction of sp³-hybridized carbons (Fsp3) is 0.154. The van der Waals surface area contributed by atoms with E-state index in [0.29, 0.717) is 5.56 Å². The van der Waals surface area contributed by atoms with Crippen LogP contribution in [0, 0.1) is 23.7 Å². The number of benzene rings is 1. The number of hydrogen-bond acceptors (Lipinski definition) is 4. The molecule has 5 heteroatoms. The summed E-state index contributed by atoms with van der Waals surface area (Å²) in [5.41, 5.74) is 0.720. The summed E-state index contributed by atoms with van der Waals surface area (Å²) < 4.78 is 4.76. The first-order chi connectivity index (χ1) is 8.67. The van der Waals surface area contributed by atoms with Crippen molar-refractivity contribution in [3.05, 3.63) is 35.4 Å². The fourth-order valence-corrected chi connectivity index (χ4v) is 1.10. The highest BCUT2D eigenvalue weighted by Crippen LogP contribution is 2.04. The summed E-state index contributed by atoms with van der Waals surface area (Å²) in [5, 5.41) is 11.0. The summed E-state index contributed by atoms with van der Waals surface area (Å²) in [6, 6.07) is 7.84. The van der Waals surface area contributed by atoms with Gasteiger partial charge in [-0.25, -0.2) is 4.79 Å². The molecule has 1 aromatic rings. The average Bonchev–Trinajstić information content (AvgIpc) is 2.42. The highest BCUT2D eigenvalue weighted by Gasteiger charge is 2.09. The van der Waals surface area contributed by atoms with Gasteiger partial charge in [0.2, 0.25) is 0 Å². The molecule has 0 aliphatic rings. The maximum atomic E-state index is 11.5. The van der Waals surface area contributed by atoms with Gasteiger partial charge in [0.25, 0.3) is 5.91 Å². The van der Waals surface area contributed by atoms with E-state index in [4.69, 9.17) is 16.4 Å². The second kappa shape index (κ2) is 6.72. The second-order valence-corrected chi connectivity index (χ2v) is 3.25. The third-order valence-electron chi connectivity index (χ3n) is 1.97. The molecule has 90 valence electrons. The van der Waals surface area contributed by atoms with Crippen LogP contribution in [0.1, 0.15) is 15.9 Å². The number of esters is 1. The van der Waals surface area contributed by atoms with Gasteiger partial charge in [-0.2, -0.15) is 5.26 Å². The number of nitrogens with one attached hydrogen (secondary N) is 1. The normalized spacial score (nSPS) is 8.78. The molecule has 0 unspecified atom stereocenters. The molecule has 0 aromatic heterocycles. The average molecular weight is 242 g/mol. The lowest BCUT2D eigenvalue weighted by Crippen LogP contribution is -2.28. The molecular weight excluding hydrogens is 232 g/mol. The summed E-state index contributed by atoms with van der Waals surface area (Å²) in [6.45, 7) is -0.298. The molecule has 0 heterocycles. The smallest absolute Gasteiger partial charge is 0.338 e. The Morgan fingerprint density at radius 1 is 1.33 bits per heavy atom. The molecule has 0 atom stereocenters. The van der Waals surface area contributed by atoms with E-state index in [1.54, 1.807) is 0 Å². The second-order valence-electron chi connectivity index (χ2n) is 3.25. The van der Waals surface area contributed by atoms with Crippen molar-refractivity contribution in [3.8, 4) is 18.4 Å². The molecule has 18 heavy (non-hydrogen) atoms. The number of carbonyl (C=O) groups is 2. The Hall–Kier alpha value is -2.79. The van der Waals surface area contributed by atoms with Crippen molar-refractivity contribution >= 4 is 11.9 Å². The fourth-order valence-electron chi connectivity index (χ4n) is 1.10. The van der Waals surface area contributed by atoms with E-state index >= 15 is 0 Å². The van der Waals surface area contributed by atoms with E-state index in [2.05, 4.69) is 11.2 Å². The first kappa shape index (κ1) is 13.3.